The summed E-state index contributed by atoms with van der Waals surface area (Å²) >= 11 is 0. The van der Waals surface area contributed by atoms with Gasteiger partial charge in [-0.1, -0.05) is 5.16 Å². The SMILES string of the molecule is N#Cc1ncccc1S(=O)(=O)Nc1cnoc1. The Hall–Kier alpha value is -2.40. The third-order valence-corrected chi connectivity index (χ3v) is 3.26. The third kappa shape index (κ3) is 2.24. The molecule has 0 amide bonds. The van der Waals surface area contributed by atoms with E-state index in [1.54, 1.807) is 6.07 Å². The summed E-state index contributed by atoms with van der Waals surface area (Å²) in [5, 5.41) is 12.1. The molecule has 2 aromatic rings. The zero-order chi connectivity index (χ0) is 12.3. The van der Waals surface area contributed by atoms with E-state index in [4.69, 9.17) is 5.26 Å². The number of hydrogen-bond donors (Lipinski definition) is 1. The van der Waals surface area contributed by atoms with Crippen LogP contribution in [-0.4, -0.2) is 18.6 Å². The molecule has 0 aliphatic heterocycles. The lowest BCUT2D eigenvalue weighted by atomic mass is 10.4. The van der Waals surface area contributed by atoms with Crippen molar-refractivity contribution in [3.63, 3.8) is 0 Å². The first kappa shape index (κ1) is 11.1. The highest BCUT2D eigenvalue weighted by atomic mass is 32.2. The standard InChI is InChI=1S/C9H6N4O3S/c10-4-8-9(2-1-3-11-8)17(14,15)13-7-5-12-16-6-7/h1-3,5-6,13H. The Balaban J connectivity index is 2.42. The summed E-state index contributed by atoms with van der Waals surface area (Å²) in [6.07, 6.45) is 3.69. The molecule has 0 saturated heterocycles. The van der Waals surface area contributed by atoms with E-state index >= 15 is 0 Å². The molecule has 1 N–H and O–H groups in total. The van der Waals surface area contributed by atoms with E-state index in [2.05, 4.69) is 19.4 Å². The van der Waals surface area contributed by atoms with Gasteiger partial charge < -0.3 is 4.52 Å². The number of pyridine rings is 1. The Morgan fingerprint density at radius 1 is 1.47 bits per heavy atom. The zero-order valence-corrected chi connectivity index (χ0v) is 9.18. The van der Waals surface area contributed by atoms with Gasteiger partial charge in [-0.15, -0.1) is 0 Å². The van der Waals surface area contributed by atoms with Crippen molar-refractivity contribution >= 4 is 15.7 Å². The zero-order valence-electron chi connectivity index (χ0n) is 8.36. The highest BCUT2D eigenvalue weighted by Crippen LogP contribution is 2.16. The average molecular weight is 250 g/mol. The molecule has 86 valence electrons. The lowest BCUT2D eigenvalue weighted by molar-refractivity contribution is 0.420. The predicted octanol–water partition coefficient (Wildman–Crippen LogP) is 0.742. The molecular weight excluding hydrogens is 244 g/mol. The van der Waals surface area contributed by atoms with Gasteiger partial charge in [0.15, 0.2) is 5.69 Å². The predicted molar refractivity (Wildman–Crippen MR) is 56.3 cm³/mol. The molecule has 0 aliphatic carbocycles. The molecule has 0 fully saturated rings. The quantitative estimate of drug-likeness (QED) is 0.860. The smallest absolute Gasteiger partial charge is 0.264 e. The van der Waals surface area contributed by atoms with Crippen LogP contribution < -0.4 is 4.72 Å². The van der Waals surface area contributed by atoms with Crippen LogP contribution in [0.15, 0.2) is 40.2 Å². The van der Waals surface area contributed by atoms with Crippen molar-refractivity contribution < 1.29 is 12.9 Å². The first-order valence-corrected chi connectivity index (χ1v) is 5.89. The highest BCUT2D eigenvalue weighted by molar-refractivity contribution is 7.92. The number of sulfonamides is 1. The fraction of sp³-hybridized carbons (Fsp3) is 0. The van der Waals surface area contributed by atoms with Gasteiger partial charge >= 0.3 is 0 Å². The fourth-order valence-corrected chi connectivity index (χ4v) is 2.29. The Labute approximate surface area is 96.7 Å². The number of nitrogens with one attached hydrogen (secondary N) is 1. The van der Waals surface area contributed by atoms with Crippen LogP contribution in [0.1, 0.15) is 5.69 Å². The molecule has 17 heavy (non-hydrogen) atoms. The molecule has 0 radical (unpaired) electrons. The number of nitrogens with zero attached hydrogens (tertiary/aromatic N) is 3. The van der Waals surface area contributed by atoms with E-state index in [1.807, 2.05) is 0 Å². The minimum Gasteiger partial charge on any atom is -0.362 e. The molecule has 2 aromatic heterocycles. The molecule has 0 aliphatic rings. The van der Waals surface area contributed by atoms with Gasteiger partial charge in [0.2, 0.25) is 0 Å². The van der Waals surface area contributed by atoms with Crippen LogP contribution in [0.2, 0.25) is 0 Å². The van der Waals surface area contributed by atoms with Crippen LogP contribution in [0.4, 0.5) is 5.69 Å². The van der Waals surface area contributed by atoms with Gasteiger partial charge in [0.1, 0.15) is 22.9 Å². The molecule has 0 bridgehead atoms. The minimum absolute atomic E-state index is 0.170. The molecule has 2 rings (SSSR count). The molecule has 0 aromatic carbocycles. The Kier molecular flexibility index (Phi) is 2.76. The number of rotatable bonds is 3. The second-order valence-electron chi connectivity index (χ2n) is 2.98. The number of nitriles is 1. The van der Waals surface area contributed by atoms with Gasteiger partial charge in [0.25, 0.3) is 10.0 Å². The molecule has 2 heterocycles. The summed E-state index contributed by atoms with van der Waals surface area (Å²) < 4.78 is 30.5. The molecule has 8 heteroatoms. The molecule has 0 unspecified atom stereocenters. The van der Waals surface area contributed by atoms with Crippen molar-refractivity contribution in [2.75, 3.05) is 4.72 Å². The van der Waals surface area contributed by atoms with Crippen molar-refractivity contribution in [2.45, 2.75) is 4.90 Å². The number of aromatic nitrogens is 2. The van der Waals surface area contributed by atoms with Gasteiger partial charge in [0, 0.05) is 6.20 Å². The largest absolute Gasteiger partial charge is 0.362 e. The summed E-state index contributed by atoms with van der Waals surface area (Å²) in [6.45, 7) is 0. The summed E-state index contributed by atoms with van der Waals surface area (Å²) in [7, 11) is -3.86. The lowest BCUT2D eigenvalue weighted by Gasteiger charge is -2.05. The summed E-state index contributed by atoms with van der Waals surface area (Å²) in [4.78, 5) is 3.48. The molecule has 0 spiro atoms. The first-order valence-electron chi connectivity index (χ1n) is 4.41. The Morgan fingerprint density at radius 3 is 2.94 bits per heavy atom. The second-order valence-corrected chi connectivity index (χ2v) is 4.63. The monoisotopic (exact) mass is 250 g/mol. The van der Waals surface area contributed by atoms with E-state index in [0.29, 0.717) is 0 Å². The third-order valence-electron chi connectivity index (χ3n) is 1.85. The summed E-state index contributed by atoms with van der Waals surface area (Å²) in [6, 6.07) is 4.44. The maximum atomic E-state index is 11.9. The van der Waals surface area contributed by atoms with Crippen molar-refractivity contribution in [1.82, 2.24) is 10.1 Å². The van der Waals surface area contributed by atoms with Crippen LogP contribution >= 0.6 is 0 Å². The van der Waals surface area contributed by atoms with Crippen molar-refractivity contribution in [3.8, 4) is 6.07 Å². The fourth-order valence-electron chi connectivity index (χ4n) is 1.16. The molecule has 0 atom stereocenters. The van der Waals surface area contributed by atoms with Crippen LogP contribution in [0.5, 0.6) is 0 Å². The Bertz CT molecular complexity index is 658. The summed E-state index contributed by atoms with van der Waals surface area (Å²) in [5.41, 5.74) is 0.00852. The maximum Gasteiger partial charge on any atom is 0.264 e. The summed E-state index contributed by atoms with van der Waals surface area (Å²) in [5.74, 6) is 0. The lowest BCUT2D eigenvalue weighted by Crippen LogP contribution is -2.14. The van der Waals surface area contributed by atoms with E-state index in [-0.39, 0.29) is 16.3 Å². The van der Waals surface area contributed by atoms with Crippen LogP contribution in [0.25, 0.3) is 0 Å². The van der Waals surface area contributed by atoms with Crippen LogP contribution in [0, 0.1) is 11.3 Å². The number of hydrogen-bond acceptors (Lipinski definition) is 6. The van der Waals surface area contributed by atoms with Crippen LogP contribution in [-0.2, 0) is 10.0 Å². The normalized spacial score (nSPS) is 10.8. The van der Waals surface area contributed by atoms with Gasteiger partial charge in [-0.3, -0.25) is 4.72 Å². The molecule has 7 nitrogen and oxygen atoms in total. The van der Waals surface area contributed by atoms with E-state index in [1.165, 1.54) is 24.5 Å². The van der Waals surface area contributed by atoms with Crippen molar-refractivity contribution in [3.05, 3.63) is 36.5 Å². The van der Waals surface area contributed by atoms with Gasteiger partial charge in [-0.05, 0) is 12.1 Å². The molecular formula is C9H6N4O3S. The van der Waals surface area contributed by atoms with Crippen molar-refractivity contribution in [2.24, 2.45) is 0 Å². The molecule has 0 saturated carbocycles. The van der Waals surface area contributed by atoms with Crippen LogP contribution in [0.3, 0.4) is 0 Å². The van der Waals surface area contributed by atoms with E-state index in [0.717, 1.165) is 6.26 Å². The average Bonchev–Trinajstić information content (AvgIpc) is 2.81. The van der Waals surface area contributed by atoms with E-state index < -0.39 is 10.0 Å². The highest BCUT2D eigenvalue weighted by Gasteiger charge is 2.19. The van der Waals surface area contributed by atoms with Gasteiger partial charge in [-0.2, -0.15) is 5.26 Å². The van der Waals surface area contributed by atoms with Gasteiger partial charge in [-0.25, -0.2) is 13.4 Å². The maximum absolute atomic E-state index is 11.9. The van der Waals surface area contributed by atoms with Gasteiger partial charge in [0.05, 0.1) is 6.20 Å². The van der Waals surface area contributed by atoms with Crippen molar-refractivity contribution in [1.29, 1.82) is 5.26 Å². The first-order chi connectivity index (χ1) is 8.13. The minimum atomic E-state index is -3.86. The Morgan fingerprint density at radius 2 is 2.29 bits per heavy atom. The number of anilines is 1. The van der Waals surface area contributed by atoms with E-state index in [9.17, 15) is 8.42 Å². The topological polar surface area (TPSA) is 109 Å². The second kappa shape index (κ2) is 4.23.